The van der Waals surface area contributed by atoms with Crippen LogP contribution in [0.25, 0.3) is 0 Å². The average molecular weight is 492 g/mol. The maximum absolute atomic E-state index is 10.2. The van der Waals surface area contributed by atoms with E-state index in [1.54, 1.807) is 18.2 Å². The van der Waals surface area contributed by atoms with Gasteiger partial charge in [0.05, 0.1) is 12.6 Å². The van der Waals surface area contributed by atoms with Crippen LogP contribution in [0.1, 0.15) is 25.0 Å². The van der Waals surface area contributed by atoms with Gasteiger partial charge in [0.25, 0.3) is 0 Å². The molecule has 23 heavy (non-hydrogen) atoms. The largest absolute Gasteiger partial charge is 0.386 e. The molecule has 0 radical (unpaired) electrons. The van der Waals surface area contributed by atoms with E-state index in [4.69, 9.17) is 23.2 Å². The molecule has 0 aromatic heterocycles. The number of rotatable bonds is 8. The van der Waals surface area contributed by atoms with Crippen LogP contribution in [-0.4, -0.2) is 42.7 Å². The topological polar surface area (TPSA) is 56.7 Å². The highest BCUT2D eigenvalue weighted by molar-refractivity contribution is 14.0. The minimum absolute atomic E-state index is 0. The molecule has 4 nitrogen and oxygen atoms in total. The van der Waals surface area contributed by atoms with Crippen molar-refractivity contribution in [3.05, 3.63) is 33.8 Å². The maximum Gasteiger partial charge on any atom is 0.191 e. The molecule has 0 aliphatic carbocycles. The molecule has 8 heteroatoms. The zero-order chi connectivity index (χ0) is 16.4. The number of benzene rings is 1. The van der Waals surface area contributed by atoms with Gasteiger partial charge in [0.1, 0.15) is 0 Å². The molecule has 0 fully saturated rings. The summed E-state index contributed by atoms with van der Waals surface area (Å²) in [5.41, 5.74) is 0.666. The fourth-order valence-corrected chi connectivity index (χ4v) is 2.79. The molecule has 1 aromatic carbocycles. The van der Waals surface area contributed by atoms with E-state index in [1.165, 1.54) is 0 Å². The molecule has 0 amide bonds. The Morgan fingerprint density at radius 2 is 1.91 bits per heavy atom. The molecule has 132 valence electrons. The first kappa shape index (κ1) is 23.1. The molecule has 1 atom stereocenters. The lowest BCUT2D eigenvalue weighted by molar-refractivity contribution is 0.187. The summed E-state index contributed by atoms with van der Waals surface area (Å²) < 4.78 is 0. The lowest BCUT2D eigenvalue weighted by atomic mass is 10.1. The number of halogens is 3. The third-order valence-electron chi connectivity index (χ3n) is 2.85. The van der Waals surface area contributed by atoms with Gasteiger partial charge in [0, 0.05) is 23.1 Å². The van der Waals surface area contributed by atoms with Crippen LogP contribution in [-0.2, 0) is 0 Å². The predicted octanol–water partition coefficient (Wildman–Crippen LogP) is 3.95. The molecule has 1 rings (SSSR count). The first-order valence-corrected chi connectivity index (χ1v) is 9.37. The summed E-state index contributed by atoms with van der Waals surface area (Å²) in [5.74, 6) is 1.81. The second-order valence-electron chi connectivity index (χ2n) is 4.71. The highest BCUT2D eigenvalue weighted by Crippen LogP contribution is 2.23. The molecule has 0 bridgehead atoms. The van der Waals surface area contributed by atoms with E-state index in [2.05, 4.69) is 21.9 Å². The number of aliphatic imine (C=N–C) groups is 1. The molecule has 0 spiro atoms. The molecule has 0 heterocycles. The van der Waals surface area contributed by atoms with Crippen LogP contribution in [0.3, 0.4) is 0 Å². The summed E-state index contributed by atoms with van der Waals surface area (Å²) in [6.07, 6.45) is 2.42. The second-order valence-corrected chi connectivity index (χ2v) is 6.57. The number of nitrogens with zero attached hydrogens (tertiary/aromatic N) is 1. The van der Waals surface area contributed by atoms with Crippen LogP contribution in [0.5, 0.6) is 0 Å². The van der Waals surface area contributed by atoms with Gasteiger partial charge in [-0.15, -0.1) is 24.0 Å². The van der Waals surface area contributed by atoms with Gasteiger partial charge < -0.3 is 15.7 Å². The first-order valence-electron chi connectivity index (χ1n) is 7.22. The van der Waals surface area contributed by atoms with Crippen molar-refractivity contribution < 1.29 is 5.11 Å². The van der Waals surface area contributed by atoms with Crippen LogP contribution >= 0.6 is 58.9 Å². The third-order valence-corrected chi connectivity index (χ3v) is 3.99. The Hall–Kier alpha value is 0.110. The quantitative estimate of drug-likeness (QED) is 0.223. The van der Waals surface area contributed by atoms with Crippen LogP contribution < -0.4 is 10.6 Å². The number of nitrogens with one attached hydrogen (secondary N) is 2. The van der Waals surface area contributed by atoms with Crippen molar-refractivity contribution >= 4 is 64.9 Å². The van der Waals surface area contributed by atoms with E-state index < -0.39 is 6.10 Å². The summed E-state index contributed by atoms with van der Waals surface area (Å²) in [4.78, 5) is 4.40. The summed E-state index contributed by atoms with van der Waals surface area (Å²) >= 11 is 13.7. The number of hydrogen-bond acceptors (Lipinski definition) is 3. The molecule has 3 N–H and O–H groups in total. The standard InChI is InChI=1S/C15H23Cl2N3OS.HI/c1-3-18-15(19-5-4-6-22-2)20-10-14(21)11-7-12(16)9-13(17)8-11;/h7-9,14,21H,3-6,10H2,1-2H3,(H2,18,19,20);1H. The van der Waals surface area contributed by atoms with E-state index in [0.29, 0.717) is 21.6 Å². The zero-order valence-corrected chi connectivity index (χ0v) is 18.0. The van der Waals surface area contributed by atoms with E-state index in [9.17, 15) is 5.11 Å². The van der Waals surface area contributed by atoms with Crippen molar-refractivity contribution in [2.45, 2.75) is 19.4 Å². The molecule has 1 unspecified atom stereocenters. The van der Waals surface area contributed by atoms with Crippen LogP contribution in [0.15, 0.2) is 23.2 Å². The average Bonchev–Trinajstić information content (AvgIpc) is 2.47. The number of aliphatic hydroxyl groups excluding tert-OH is 1. The molecule has 0 saturated heterocycles. The molecular weight excluding hydrogens is 468 g/mol. The SMILES string of the molecule is CCNC(=NCC(O)c1cc(Cl)cc(Cl)c1)NCCCSC.I. The van der Waals surface area contributed by atoms with Crippen molar-refractivity contribution in [1.29, 1.82) is 0 Å². The summed E-state index contributed by atoms with van der Waals surface area (Å²) in [6, 6.07) is 5.04. The smallest absolute Gasteiger partial charge is 0.191 e. The summed E-state index contributed by atoms with van der Waals surface area (Å²) in [5, 5.41) is 17.6. The van der Waals surface area contributed by atoms with Gasteiger partial charge in [0.2, 0.25) is 0 Å². The molecular formula is C15H24Cl2IN3OS. The highest BCUT2D eigenvalue weighted by atomic mass is 127. The predicted molar refractivity (Wildman–Crippen MR) is 114 cm³/mol. The van der Waals surface area contributed by atoms with Gasteiger partial charge in [-0.2, -0.15) is 11.8 Å². The van der Waals surface area contributed by atoms with Crippen LogP contribution in [0.2, 0.25) is 10.0 Å². The van der Waals surface area contributed by atoms with E-state index in [1.807, 2.05) is 18.7 Å². The van der Waals surface area contributed by atoms with Gasteiger partial charge in [-0.3, -0.25) is 4.99 Å². The fraction of sp³-hybridized carbons (Fsp3) is 0.533. The molecule has 0 aliphatic rings. The Morgan fingerprint density at radius 3 is 2.48 bits per heavy atom. The van der Waals surface area contributed by atoms with E-state index in [0.717, 1.165) is 25.3 Å². The van der Waals surface area contributed by atoms with Crippen LogP contribution in [0.4, 0.5) is 0 Å². The third kappa shape index (κ3) is 9.86. The summed E-state index contributed by atoms with van der Waals surface area (Å²) in [7, 11) is 0. The Balaban J connectivity index is 0.00000484. The van der Waals surface area contributed by atoms with Crippen molar-refractivity contribution in [3.63, 3.8) is 0 Å². The van der Waals surface area contributed by atoms with E-state index >= 15 is 0 Å². The number of thioether (sulfide) groups is 1. The number of hydrogen-bond donors (Lipinski definition) is 3. The van der Waals surface area contributed by atoms with E-state index in [-0.39, 0.29) is 30.5 Å². The lowest BCUT2D eigenvalue weighted by Gasteiger charge is -2.13. The van der Waals surface area contributed by atoms with Gasteiger partial charge in [-0.1, -0.05) is 23.2 Å². The maximum atomic E-state index is 10.2. The minimum Gasteiger partial charge on any atom is -0.386 e. The first-order chi connectivity index (χ1) is 10.6. The number of aliphatic hydroxyl groups is 1. The zero-order valence-electron chi connectivity index (χ0n) is 13.3. The second kappa shape index (κ2) is 13.4. The fourth-order valence-electron chi connectivity index (χ4n) is 1.82. The Kier molecular flexibility index (Phi) is 13.5. The number of guanidine groups is 1. The normalized spacial score (nSPS) is 12.5. The van der Waals surface area contributed by atoms with Gasteiger partial charge >= 0.3 is 0 Å². The van der Waals surface area contributed by atoms with Gasteiger partial charge in [-0.25, -0.2) is 0 Å². The van der Waals surface area contributed by atoms with Gasteiger partial charge in [-0.05, 0) is 49.1 Å². The van der Waals surface area contributed by atoms with Crippen molar-refractivity contribution in [1.82, 2.24) is 10.6 Å². The molecule has 1 aromatic rings. The minimum atomic E-state index is -0.738. The van der Waals surface area contributed by atoms with Crippen molar-refractivity contribution in [2.75, 3.05) is 31.6 Å². The van der Waals surface area contributed by atoms with Crippen molar-refractivity contribution in [2.24, 2.45) is 4.99 Å². The van der Waals surface area contributed by atoms with Gasteiger partial charge in [0.15, 0.2) is 5.96 Å². The summed E-state index contributed by atoms with van der Waals surface area (Å²) in [6.45, 7) is 3.88. The molecule has 0 aliphatic heterocycles. The Morgan fingerprint density at radius 1 is 1.26 bits per heavy atom. The highest BCUT2D eigenvalue weighted by Gasteiger charge is 2.09. The van der Waals surface area contributed by atoms with Crippen molar-refractivity contribution in [3.8, 4) is 0 Å². The lowest BCUT2D eigenvalue weighted by Crippen LogP contribution is -2.38. The molecule has 0 saturated carbocycles. The Bertz CT molecular complexity index is 472. The Labute approximate surface area is 169 Å². The monoisotopic (exact) mass is 491 g/mol. The van der Waals surface area contributed by atoms with Crippen LogP contribution in [0, 0.1) is 0 Å².